The van der Waals surface area contributed by atoms with Gasteiger partial charge in [0.05, 0.1) is 6.54 Å². The predicted octanol–water partition coefficient (Wildman–Crippen LogP) is 2.26. The van der Waals surface area contributed by atoms with Gasteiger partial charge < -0.3 is 15.0 Å². The van der Waals surface area contributed by atoms with Crippen molar-refractivity contribution in [1.82, 2.24) is 15.5 Å². The number of imide groups is 1. The molecule has 2 aromatic rings. The molecule has 2 heterocycles. The summed E-state index contributed by atoms with van der Waals surface area (Å²) in [5.41, 5.74) is -1.76. The number of alkyl halides is 2. The van der Waals surface area contributed by atoms with E-state index in [4.69, 9.17) is 0 Å². The van der Waals surface area contributed by atoms with E-state index in [1.54, 1.807) is 0 Å². The van der Waals surface area contributed by atoms with E-state index < -0.39 is 48.2 Å². The first-order chi connectivity index (χ1) is 14.2. The van der Waals surface area contributed by atoms with E-state index in [1.165, 1.54) is 12.1 Å². The highest BCUT2D eigenvalue weighted by molar-refractivity contribution is 6.08. The van der Waals surface area contributed by atoms with Crippen LogP contribution in [0, 0.1) is 11.6 Å². The van der Waals surface area contributed by atoms with Crippen molar-refractivity contribution >= 4 is 17.8 Å². The number of nitrogens with zero attached hydrogens (tertiary/aromatic N) is 1. The number of fused-ring (bicyclic) bond motifs is 1. The maximum absolute atomic E-state index is 14.5. The van der Waals surface area contributed by atoms with Gasteiger partial charge in [0.25, 0.3) is 11.8 Å². The molecule has 0 aliphatic carbocycles. The number of hydrogen-bond donors (Lipinski definition) is 2. The number of halogens is 4. The molecule has 0 radical (unpaired) electrons. The Morgan fingerprint density at radius 1 is 1.10 bits per heavy atom. The Hall–Kier alpha value is -3.63. The number of nitrogens with one attached hydrogen (secondary N) is 2. The average molecular weight is 423 g/mol. The summed E-state index contributed by atoms with van der Waals surface area (Å²) in [6, 6.07) is 5.42. The van der Waals surface area contributed by atoms with Crippen LogP contribution in [-0.2, 0) is 16.9 Å². The van der Waals surface area contributed by atoms with Gasteiger partial charge in [-0.15, -0.1) is 0 Å². The van der Waals surface area contributed by atoms with Gasteiger partial charge in [-0.05, 0) is 23.8 Å². The second-order valence-corrected chi connectivity index (χ2v) is 6.80. The van der Waals surface area contributed by atoms with Crippen LogP contribution in [0.5, 0.6) is 5.75 Å². The Morgan fingerprint density at radius 3 is 2.50 bits per heavy atom. The fourth-order valence-electron chi connectivity index (χ4n) is 3.64. The highest BCUT2D eigenvalue weighted by Crippen LogP contribution is 2.33. The van der Waals surface area contributed by atoms with Gasteiger partial charge in [-0.1, -0.05) is 12.1 Å². The molecule has 4 amide bonds. The van der Waals surface area contributed by atoms with Crippen LogP contribution in [0.2, 0.25) is 0 Å². The van der Waals surface area contributed by atoms with Crippen LogP contribution in [0.3, 0.4) is 0 Å². The van der Waals surface area contributed by atoms with Crippen LogP contribution >= 0.6 is 0 Å². The minimum atomic E-state index is -3.07. The Bertz CT molecular complexity index is 1080. The van der Waals surface area contributed by atoms with Crippen molar-refractivity contribution in [2.75, 3.05) is 6.54 Å². The van der Waals surface area contributed by atoms with E-state index in [-0.39, 0.29) is 23.4 Å². The Balaban J connectivity index is 1.68. The van der Waals surface area contributed by atoms with Crippen LogP contribution in [0.25, 0.3) is 0 Å². The highest BCUT2D eigenvalue weighted by atomic mass is 19.3. The van der Waals surface area contributed by atoms with Crippen molar-refractivity contribution in [1.29, 1.82) is 0 Å². The summed E-state index contributed by atoms with van der Waals surface area (Å²) in [7, 11) is 0. The molecule has 0 bridgehead atoms. The second-order valence-electron chi connectivity index (χ2n) is 6.80. The Kier molecular flexibility index (Phi) is 4.60. The monoisotopic (exact) mass is 423 g/mol. The zero-order valence-corrected chi connectivity index (χ0v) is 15.0. The molecule has 0 saturated carbocycles. The predicted molar refractivity (Wildman–Crippen MR) is 92.5 cm³/mol. The molecule has 2 aliphatic heterocycles. The molecule has 0 spiro atoms. The van der Waals surface area contributed by atoms with Crippen molar-refractivity contribution in [3.8, 4) is 5.75 Å². The molecule has 156 valence electrons. The topological polar surface area (TPSA) is 87.7 Å². The quantitative estimate of drug-likeness (QED) is 0.571. The molecular formula is C19H13F4N3O4. The van der Waals surface area contributed by atoms with E-state index in [9.17, 15) is 31.9 Å². The van der Waals surface area contributed by atoms with E-state index in [2.05, 4.69) is 10.1 Å². The number of amides is 4. The molecular weight excluding hydrogens is 410 g/mol. The molecule has 7 nitrogen and oxygen atoms in total. The molecule has 1 unspecified atom stereocenters. The molecule has 2 N–H and O–H groups in total. The van der Waals surface area contributed by atoms with Crippen LogP contribution in [-0.4, -0.2) is 35.9 Å². The lowest BCUT2D eigenvalue weighted by atomic mass is 9.88. The Labute approximate surface area is 166 Å². The van der Waals surface area contributed by atoms with Gasteiger partial charge in [0.2, 0.25) is 0 Å². The van der Waals surface area contributed by atoms with Crippen molar-refractivity contribution in [2.24, 2.45) is 0 Å². The van der Waals surface area contributed by atoms with Crippen molar-refractivity contribution < 1.29 is 36.7 Å². The maximum Gasteiger partial charge on any atom is 0.387 e. The number of benzene rings is 2. The van der Waals surface area contributed by atoms with Crippen LogP contribution in [0.4, 0.5) is 22.4 Å². The zero-order valence-electron chi connectivity index (χ0n) is 15.0. The molecule has 30 heavy (non-hydrogen) atoms. The number of carbonyl (C=O) groups is 3. The number of carbonyl (C=O) groups excluding carboxylic acids is 3. The lowest BCUT2D eigenvalue weighted by molar-refractivity contribution is -0.124. The summed E-state index contributed by atoms with van der Waals surface area (Å²) < 4.78 is 57.0. The SMILES string of the molecule is O=C1NC(=O)C(CN2Cc3ccc(OC(F)F)cc3C2=O)(c2ccc(F)cc2F)N1. The molecule has 4 rings (SSSR count). The second kappa shape index (κ2) is 7.01. The number of rotatable bonds is 5. The lowest BCUT2D eigenvalue weighted by Gasteiger charge is -2.31. The third-order valence-electron chi connectivity index (χ3n) is 4.95. The standard InChI is InChI=1S/C19H13F4N3O4/c20-10-2-4-13(14(21)5-10)19(16(28)24-18(29)25-19)8-26-7-9-1-3-11(30-17(22)23)6-12(9)15(26)27/h1-6,17H,7-8H2,(H2,24,25,28,29). The van der Waals surface area contributed by atoms with Crippen LogP contribution in [0.15, 0.2) is 36.4 Å². The van der Waals surface area contributed by atoms with E-state index in [0.717, 1.165) is 23.1 Å². The average Bonchev–Trinajstić information content (AvgIpc) is 3.11. The minimum Gasteiger partial charge on any atom is -0.435 e. The summed E-state index contributed by atoms with van der Waals surface area (Å²) in [4.78, 5) is 38.4. The first-order valence-corrected chi connectivity index (χ1v) is 8.66. The van der Waals surface area contributed by atoms with Gasteiger partial charge in [-0.3, -0.25) is 14.9 Å². The molecule has 1 fully saturated rings. The fraction of sp³-hybridized carbons (Fsp3) is 0.211. The van der Waals surface area contributed by atoms with Gasteiger partial charge in [-0.25, -0.2) is 13.6 Å². The highest BCUT2D eigenvalue weighted by Gasteiger charge is 2.51. The van der Waals surface area contributed by atoms with Crippen molar-refractivity contribution in [3.63, 3.8) is 0 Å². The molecule has 2 aliphatic rings. The van der Waals surface area contributed by atoms with Gasteiger partial charge in [-0.2, -0.15) is 8.78 Å². The lowest BCUT2D eigenvalue weighted by Crippen LogP contribution is -2.53. The van der Waals surface area contributed by atoms with Gasteiger partial charge in [0, 0.05) is 23.7 Å². The van der Waals surface area contributed by atoms with E-state index in [1.807, 2.05) is 5.32 Å². The van der Waals surface area contributed by atoms with Crippen molar-refractivity contribution in [2.45, 2.75) is 18.7 Å². The van der Waals surface area contributed by atoms with Crippen LogP contribution < -0.4 is 15.4 Å². The minimum absolute atomic E-state index is 0.0170. The van der Waals surface area contributed by atoms with Gasteiger partial charge in [0.1, 0.15) is 17.4 Å². The third-order valence-corrected chi connectivity index (χ3v) is 4.95. The smallest absolute Gasteiger partial charge is 0.387 e. The van der Waals surface area contributed by atoms with Crippen molar-refractivity contribution in [3.05, 3.63) is 64.7 Å². The summed E-state index contributed by atoms with van der Waals surface area (Å²) in [6.45, 7) is -3.56. The molecule has 1 atom stereocenters. The zero-order chi connectivity index (χ0) is 21.6. The normalized spacial score (nSPS) is 20.4. The first-order valence-electron chi connectivity index (χ1n) is 8.66. The van der Waals surface area contributed by atoms with E-state index >= 15 is 0 Å². The molecule has 0 aromatic heterocycles. The first kappa shape index (κ1) is 19.7. The molecule has 1 saturated heterocycles. The third kappa shape index (κ3) is 3.21. The summed E-state index contributed by atoms with van der Waals surface area (Å²) in [5.74, 6) is -3.72. The summed E-state index contributed by atoms with van der Waals surface area (Å²) in [6.07, 6.45) is 0. The number of ether oxygens (including phenoxy) is 1. The largest absolute Gasteiger partial charge is 0.435 e. The summed E-state index contributed by atoms with van der Waals surface area (Å²) in [5, 5.41) is 4.32. The number of hydrogen-bond acceptors (Lipinski definition) is 4. The number of urea groups is 1. The van der Waals surface area contributed by atoms with Crippen LogP contribution in [0.1, 0.15) is 21.5 Å². The maximum atomic E-state index is 14.5. The Morgan fingerprint density at radius 2 is 1.87 bits per heavy atom. The molecule has 11 heteroatoms. The molecule has 2 aromatic carbocycles. The van der Waals surface area contributed by atoms with Gasteiger partial charge >= 0.3 is 12.6 Å². The summed E-state index contributed by atoms with van der Waals surface area (Å²) >= 11 is 0. The van der Waals surface area contributed by atoms with E-state index in [0.29, 0.717) is 11.6 Å². The fourth-order valence-corrected chi connectivity index (χ4v) is 3.64. The van der Waals surface area contributed by atoms with Gasteiger partial charge in [0.15, 0.2) is 5.54 Å².